The second kappa shape index (κ2) is 15.9. The second-order valence-electron chi connectivity index (χ2n) is 9.87. The van der Waals surface area contributed by atoms with Crippen molar-refractivity contribution in [1.82, 2.24) is 0 Å². The number of nitrogens with two attached hydrogens (primary N) is 2. The van der Waals surface area contributed by atoms with Crippen LogP contribution in [0.25, 0.3) is 0 Å². The van der Waals surface area contributed by atoms with Crippen molar-refractivity contribution < 1.29 is 23.6 Å². The van der Waals surface area contributed by atoms with Gasteiger partial charge in [-0.1, -0.05) is 109 Å². The molecule has 6 aromatic carbocycles. The highest BCUT2D eigenvalue weighted by Crippen LogP contribution is 2.38. The van der Waals surface area contributed by atoms with Gasteiger partial charge in [0, 0.05) is 31.8 Å². The summed E-state index contributed by atoms with van der Waals surface area (Å²) in [5, 5.41) is 21.2. The molecule has 0 saturated carbocycles. The van der Waals surface area contributed by atoms with E-state index in [4.69, 9.17) is 23.6 Å². The summed E-state index contributed by atoms with van der Waals surface area (Å²) in [6, 6.07) is 62.5. The fraction of sp³-hybridized carbons (Fsp3) is 0. The summed E-state index contributed by atoms with van der Waals surface area (Å²) < 4.78 is 26.7. The average molecular weight is 669 g/mol. The lowest BCUT2D eigenvalue weighted by Crippen LogP contribution is -2.44. The fourth-order valence-electron chi connectivity index (χ4n) is 4.87. The number of hydrogen-bond donors (Lipinski definition) is 2. The van der Waals surface area contributed by atoms with Crippen molar-refractivity contribution in [2.75, 3.05) is 0 Å². The zero-order valence-electron chi connectivity index (χ0n) is 24.4. The van der Waals surface area contributed by atoms with Crippen LogP contribution in [0.2, 0.25) is 0 Å². The van der Waals surface area contributed by atoms with Crippen molar-refractivity contribution in [2.45, 2.75) is 0 Å². The molecule has 9 heteroatoms. The molecule has 0 spiro atoms. The number of hydrogen-bond acceptors (Lipinski definition) is 4. The van der Waals surface area contributed by atoms with Crippen LogP contribution in [0.1, 0.15) is 0 Å². The Labute approximate surface area is 270 Å². The molecule has 0 radical (unpaired) electrons. The normalized spacial score (nSPS) is 11.2. The highest BCUT2D eigenvalue weighted by atomic mass is 32.9. The third kappa shape index (κ3) is 9.06. The molecule has 0 aliphatic carbocycles. The second-order valence-corrected chi connectivity index (χ2v) is 17.9. The van der Waals surface area contributed by atoms with Crippen LogP contribution in [0.5, 0.6) is 0 Å². The third-order valence-electron chi connectivity index (χ3n) is 6.98. The summed E-state index contributed by atoms with van der Waals surface area (Å²) >= 11 is 3.24. The maximum Gasteiger partial charge on any atom is 0.181 e. The smallest absolute Gasteiger partial charge is 0.181 e. The van der Waals surface area contributed by atoms with E-state index >= 15 is 0 Å². The molecule has 5 nitrogen and oxygen atoms in total. The van der Waals surface area contributed by atoms with Gasteiger partial charge in [-0.25, -0.2) is 0 Å². The molecule has 0 bridgehead atoms. The summed E-state index contributed by atoms with van der Waals surface area (Å²) in [5.74, 6) is 0. The van der Waals surface area contributed by atoms with Crippen LogP contribution in [-0.2, 0) is 20.2 Å². The van der Waals surface area contributed by atoms with E-state index in [0.717, 1.165) is 0 Å². The Morgan fingerprint density at radius 1 is 0.378 bits per heavy atom. The molecule has 0 saturated heterocycles. The van der Waals surface area contributed by atoms with Crippen LogP contribution in [0.15, 0.2) is 182 Å². The molecule has 228 valence electrons. The highest BCUT2D eigenvalue weighted by Gasteiger charge is 2.31. The molecule has 0 fully saturated rings. The Balaban J connectivity index is 0.000000179. The summed E-state index contributed by atoms with van der Waals surface area (Å²) in [6.07, 6.45) is 0. The summed E-state index contributed by atoms with van der Waals surface area (Å²) in [7, 11) is -8.39. The van der Waals surface area contributed by atoms with Crippen LogP contribution in [-0.4, -0.2) is 13.3 Å². The van der Waals surface area contributed by atoms with Gasteiger partial charge in [0.2, 0.25) is 0 Å². The van der Waals surface area contributed by atoms with Crippen LogP contribution >= 0.6 is 14.1 Å². The maximum absolute atomic E-state index is 8.89. The molecule has 0 aliphatic rings. The average Bonchev–Trinajstić information content (AvgIpc) is 3.09. The van der Waals surface area contributed by atoms with E-state index in [9.17, 15) is 0 Å². The molecule has 6 aromatic rings. The van der Waals surface area contributed by atoms with Gasteiger partial charge >= 0.3 is 0 Å². The minimum absolute atomic E-state index is 1.21. The Bertz CT molecular complexity index is 1620. The molecular formula is C36H34N2O3P2S2. The predicted octanol–water partition coefficient (Wildman–Crippen LogP) is 2.84. The van der Waals surface area contributed by atoms with Gasteiger partial charge in [-0.05, 0) is 84.0 Å². The number of rotatable bonds is 6. The van der Waals surface area contributed by atoms with Gasteiger partial charge in [0.1, 0.15) is 0 Å². The van der Waals surface area contributed by atoms with E-state index < -0.39 is 23.2 Å². The number of benzene rings is 6. The van der Waals surface area contributed by atoms with Gasteiger partial charge in [-0.3, -0.25) is 14.5 Å². The quantitative estimate of drug-likeness (QED) is 0.266. The Hall–Kier alpha value is -3.93. The van der Waals surface area contributed by atoms with E-state index in [1.54, 1.807) is 0 Å². The molecule has 0 aliphatic heterocycles. The van der Waals surface area contributed by atoms with Gasteiger partial charge in [-0.15, -0.1) is 9.05 Å². The van der Waals surface area contributed by atoms with E-state index in [-0.39, 0.29) is 0 Å². The standard InChI is InChI=1S/2C18H16NP.H2O3S2/c2*19-20(16-10-4-1-5-11-16,17-12-6-2-7-13-17)18-14-8-3-9-15-18;1-5(2,3)4/h2*1-15,19H;(H2,1,2,3,4). The van der Waals surface area contributed by atoms with Crippen LogP contribution < -0.4 is 42.2 Å². The van der Waals surface area contributed by atoms with E-state index in [2.05, 4.69) is 157 Å². The molecule has 45 heavy (non-hydrogen) atoms. The minimum Gasteiger partial charge on any atom is -0.780 e. The summed E-state index contributed by atoms with van der Waals surface area (Å²) in [4.78, 5) is 0. The lowest BCUT2D eigenvalue weighted by atomic mass is 10.4. The fourth-order valence-corrected chi connectivity index (χ4v) is 10.5. The van der Waals surface area contributed by atoms with Crippen molar-refractivity contribution in [3.63, 3.8) is 0 Å². The molecule has 4 N–H and O–H groups in total. The molecular weight excluding hydrogens is 634 g/mol. The van der Waals surface area contributed by atoms with Crippen LogP contribution in [0.3, 0.4) is 0 Å². The van der Waals surface area contributed by atoms with E-state index in [0.29, 0.717) is 0 Å². The van der Waals surface area contributed by atoms with Gasteiger partial charge < -0.3 is 9.11 Å². The van der Waals surface area contributed by atoms with Gasteiger partial charge in [0.25, 0.3) is 0 Å². The molecule has 0 aromatic heterocycles. The first-order chi connectivity index (χ1) is 21.6. The first-order valence-electron chi connectivity index (χ1n) is 14.0. The first-order valence-corrected chi connectivity index (χ1v) is 20.0. The lowest BCUT2D eigenvalue weighted by Gasteiger charge is -2.18. The topological polar surface area (TPSA) is 114 Å². The summed E-state index contributed by atoms with van der Waals surface area (Å²) in [6.45, 7) is 0. The largest absolute Gasteiger partial charge is 0.780 e. The van der Waals surface area contributed by atoms with Gasteiger partial charge in [0.05, 0.1) is 0 Å². The van der Waals surface area contributed by atoms with Gasteiger partial charge in [0.15, 0.2) is 14.1 Å². The monoisotopic (exact) mass is 668 g/mol. The zero-order valence-corrected chi connectivity index (χ0v) is 27.8. The predicted molar refractivity (Wildman–Crippen MR) is 191 cm³/mol. The zero-order chi connectivity index (χ0) is 32.2. The molecule has 0 amide bonds. The Morgan fingerprint density at radius 3 is 0.600 bits per heavy atom. The minimum atomic E-state index is -4.33. The van der Waals surface area contributed by atoms with E-state index in [1.165, 1.54) is 31.8 Å². The van der Waals surface area contributed by atoms with Crippen molar-refractivity contribution in [3.05, 3.63) is 182 Å². The van der Waals surface area contributed by atoms with E-state index in [1.807, 2.05) is 36.4 Å². The molecule has 0 unspecified atom stereocenters. The van der Waals surface area contributed by atoms with Crippen molar-refractivity contribution >= 4 is 66.2 Å². The van der Waals surface area contributed by atoms with Crippen molar-refractivity contribution in [3.8, 4) is 0 Å². The Morgan fingerprint density at radius 2 is 0.489 bits per heavy atom. The SMILES string of the molecule is O=S([O-])([O-])=S.[NH2+]=P(c1ccccc1)(c1ccccc1)c1ccccc1.[NH2+]=P(c1ccccc1)(c1ccccc1)c1ccccc1. The Kier molecular flexibility index (Phi) is 12.0. The lowest BCUT2D eigenvalue weighted by molar-refractivity contribution is -0.0815. The van der Waals surface area contributed by atoms with Gasteiger partial charge in [-0.2, -0.15) is 0 Å². The molecule has 0 atom stereocenters. The molecule has 0 heterocycles. The van der Waals surface area contributed by atoms with Crippen molar-refractivity contribution in [1.29, 1.82) is 0 Å². The van der Waals surface area contributed by atoms with Crippen LogP contribution in [0.4, 0.5) is 0 Å². The van der Waals surface area contributed by atoms with Crippen molar-refractivity contribution in [2.24, 2.45) is 0 Å². The van der Waals surface area contributed by atoms with Crippen LogP contribution in [0, 0.1) is 0 Å². The molecule has 6 rings (SSSR count). The summed E-state index contributed by atoms with van der Waals surface area (Å²) in [5.41, 5.74) is 0. The maximum atomic E-state index is 8.89. The highest BCUT2D eigenvalue weighted by molar-refractivity contribution is 8.26. The third-order valence-corrected chi connectivity index (χ3v) is 13.7. The first kappa shape index (κ1) is 34.0.